The van der Waals surface area contributed by atoms with E-state index in [9.17, 15) is 0 Å². The lowest BCUT2D eigenvalue weighted by Gasteiger charge is -2.35. The average molecular weight is 295 g/mol. The van der Waals surface area contributed by atoms with E-state index in [1.807, 2.05) is 6.07 Å². The normalized spacial score (nSPS) is 26.8. The van der Waals surface area contributed by atoms with Gasteiger partial charge in [0, 0.05) is 30.6 Å². The van der Waals surface area contributed by atoms with Crippen LogP contribution in [0.15, 0.2) is 6.07 Å². The smallest absolute Gasteiger partial charge is 0.135 e. The second kappa shape index (κ2) is 5.86. The van der Waals surface area contributed by atoms with Gasteiger partial charge in [0.05, 0.1) is 0 Å². The summed E-state index contributed by atoms with van der Waals surface area (Å²) in [5, 5.41) is 4.10. The zero-order valence-electron chi connectivity index (χ0n) is 12.3. The molecule has 0 spiro atoms. The number of hydrogen-bond acceptors (Lipinski definition) is 4. The van der Waals surface area contributed by atoms with Crippen LogP contribution in [0.1, 0.15) is 51.3 Å². The SMILES string of the molecule is CC(C)c1nc(Cl)cc(NC2CCN3CCCC3C2)n1. The molecule has 0 saturated carbocycles. The standard InChI is InChI=1S/C15H23ClN4/c1-10(2)15-18-13(16)9-14(19-15)17-11-5-7-20-6-3-4-12(20)8-11/h9-12H,3-8H2,1-2H3,(H,17,18,19). The van der Waals surface area contributed by atoms with Gasteiger partial charge in [0.15, 0.2) is 0 Å². The second-order valence-corrected chi connectivity index (χ2v) is 6.67. The molecule has 0 aliphatic carbocycles. The molecule has 0 radical (unpaired) electrons. The lowest BCUT2D eigenvalue weighted by Crippen LogP contribution is -2.42. The Hall–Kier alpha value is -0.870. The Morgan fingerprint density at radius 3 is 2.95 bits per heavy atom. The molecule has 2 atom stereocenters. The van der Waals surface area contributed by atoms with Gasteiger partial charge in [-0.05, 0) is 32.2 Å². The van der Waals surface area contributed by atoms with E-state index in [1.165, 1.54) is 38.8 Å². The highest BCUT2D eigenvalue weighted by Gasteiger charge is 2.31. The van der Waals surface area contributed by atoms with Crippen LogP contribution in [-0.2, 0) is 0 Å². The number of fused-ring (bicyclic) bond motifs is 1. The number of nitrogens with one attached hydrogen (secondary N) is 1. The first-order valence-electron chi connectivity index (χ1n) is 7.67. The molecule has 2 aliphatic rings. The highest BCUT2D eigenvalue weighted by atomic mass is 35.5. The van der Waals surface area contributed by atoms with Crippen LogP contribution in [-0.4, -0.2) is 40.0 Å². The highest BCUT2D eigenvalue weighted by Crippen LogP contribution is 2.28. The van der Waals surface area contributed by atoms with E-state index in [4.69, 9.17) is 11.6 Å². The van der Waals surface area contributed by atoms with E-state index in [1.54, 1.807) is 0 Å². The Labute approximate surface area is 125 Å². The summed E-state index contributed by atoms with van der Waals surface area (Å²) in [7, 11) is 0. The van der Waals surface area contributed by atoms with Crippen molar-refractivity contribution in [2.75, 3.05) is 18.4 Å². The summed E-state index contributed by atoms with van der Waals surface area (Å²) in [6.07, 6.45) is 5.11. The molecule has 1 aromatic heterocycles. The van der Waals surface area contributed by atoms with Gasteiger partial charge in [0.1, 0.15) is 16.8 Å². The number of nitrogens with zero attached hydrogens (tertiary/aromatic N) is 3. The fourth-order valence-corrected chi connectivity index (χ4v) is 3.52. The van der Waals surface area contributed by atoms with Crippen molar-refractivity contribution in [2.24, 2.45) is 0 Å². The third-order valence-corrected chi connectivity index (χ3v) is 4.59. The fourth-order valence-electron chi connectivity index (χ4n) is 3.33. The summed E-state index contributed by atoms with van der Waals surface area (Å²) in [6, 6.07) is 3.12. The molecular formula is C15H23ClN4. The summed E-state index contributed by atoms with van der Waals surface area (Å²) in [4.78, 5) is 11.5. The zero-order chi connectivity index (χ0) is 14.1. The molecular weight excluding hydrogens is 272 g/mol. The van der Waals surface area contributed by atoms with Gasteiger partial charge >= 0.3 is 0 Å². The number of hydrogen-bond donors (Lipinski definition) is 1. The first-order valence-corrected chi connectivity index (χ1v) is 8.04. The number of aromatic nitrogens is 2. The number of halogens is 1. The molecule has 1 aromatic rings. The van der Waals surface area contributed by atoms with Crippen LogP contribution in [0.2, 0.25) is 5.15 Å². The molecule has 2 fully saturated rings. The van der Waals surface area contributed by atoms with Crippen molar-refractivity contribution in [1.29, 1.82) is 0 Å². The van der Waals surface area contributed by atoms with Gasteiger partial charge in [-0.25, -0.2) is 9.97 Å². The van der Waals surface area contributed by atoms with Crippen LogP contribution in [0.25, 0.3) is 0 Å². The number of piperidine rings is 1. The number of anilines is 1. The Bertz CT molecular complexity index is 477. The van der Waals surface area contributed by atoms with E-state index in [0.717, 1.165) is 17.7 Å². The number of rotatable bonds is 3. The van der Waals surface area contributed by atoms with E-state index < -0.39 is 0 Å². The maximum absolute atomic E-state index is 6.10. The van der Waals surface area contributed by atoms with Crippen molar-refractivity contribution < 1.29 is 0 Å². The Kier molecular flexibility index (Phi) is 4.13. The Balaban J connectivity index is 1.68. The van der Waals surface area contributed by atoms with Crippen LogP contribution in [0.5, 0.6) is 0 Å². The first kappa shape index (κ1) is 14.1. The van der Waals surface area contributed by atoms with Crippen LogP contribution in [0, 0.1) is 0 Å². The lowest BCUT2D eigenvalue weighted by atomic mass is 9.97. The van der Waals surface area contributed by atoms with Crippen molar-refractivity contribution in [3.63, 3.8) is 0 Å². The molecule has 0 amide bonds. The van der Waals surface area contributed by atoms with Crippen molar-refractivity contribution in [3.05, 3.63) is 17.0 Å². The van der Waals surface area contributed by atoms with E-state index in [0.29, 0.717) is 17.1 Å². The van der Waals surface area contributed by atoms with Crippen molar-refractivity contribution in [3.8, 4) is 0 Å². The average Bonchev–Trinajstić information content (AvgIpc) is 2.85. The molecule has 3 rings (SSSR count). The maximum atomic E-state index is 6.10. The van der Waals surface area contributed by atoms with E-state index in [2.05, 4.69) is 34.0 Å². The van der Waals surface area contributed by atoms with E-state index >= 15 is 0 Å². The molecule has 1 N–H and O–H groups in total. The summed E-state index contributed by atoms with van der Waals surface area (Å²) < 4.78 is 0. The van der Waals surface area contributed by atoms with Gasteiger partial charge in [-0.1, -0.05) is 25.4 Å². The summed E-state index contributed by atoms with van der Waals surface area (Å²) >= 11 is 6.10. The summed E-state index contributed by atoms with van der Waals surface area (Å²) in [6.45, 7) is 6.67. The molecule has 2 saturated heterocycles. The predicted octanol–water partition coefficient (Wildman–Crippen LogP) is 3.29. The van der Waals surface area contributed by atoms with Gasteiger partial charge < -0.3 is 10.2 Å². The quantitative estimate of drug-likeness (QED) is 0.869. The largest absolute Gasteiger partial charge is 0.367 e. The van der Waals surface area contributed by atoms with Crippen LogP contribution in [0.4, 0.5) is 5.82 Å². The second-order valence-electron chi connectivity index (χ2n) is 6.29. The molecule has 4 nitrogen and oxygen atoms in total. The first-order chi connectivity index (χ1) is 9.61. The van der Waals surface area contributed by atoms with Crippen molar-refractivity contribution >= 4 is 17.4 Å². The van der Waals surface area contributed by atoms with Gasteiger partial charge in [0.2, 0.25) is 0 Å². The molecule has 20 heavy (non-hydrogen) atoms. The Morgan fingerprint density at radius 2 is 2.15 bits per heavy atom. The minimum absolute atomic E-state index is 0.297. The van der Waals surface area contributed by atoms with Crippen LogP contribution in [0.3, 0.4) is 0 Å². The minimum Gasteiger partial charge on any atom is -0.367 e. The summed E-state index contributed by atoms with van der Waals surface area (Å²) in [5.41, 5.74) is 0. The van der Waals surface area contributed by atoms with Gasteiger partial charge in [-0.2, -0.15) is 0 Å². The highest BCUT2D eigenvalue weighted by molar-refractivity contribution is 6.29. The van der Waals surface area contributed by atoms with Crippen molar-refractivity contribution in [2.45, 2.75) is 57.5 Å². The van der Waals surface area contributed by atoms with E-state index in [-0.39, 0.29) is 0 Å². The maximum Gasteiger partial charge on any atom is 0.135 e. The van der Waals surface area contributed by atoms with Gasteiger partial charge in [0.25, 0.3) is 0 Å². The monoisotopic (exact) mass is 294 g/mol. The molecule has 3 heterocycles. The Morgan fingerprint density at radius 1 is 1.30 bits per heavy atom. The third-order valence-electron chi connectivity index (χ3n) is 4.40. The molecule has 110 valence electrons. The minimum atomic E-state index is 0.297. The predicted molar refractivity (Wildman–Crippen MR) is 82.4 cm³/mol. The topological polar surface area (TPSA) is 41.1 Å². The molecule has 0 aromatic carbocycles. The van der Waals surface area contributed by atoms with Crippen LogP contribution >= 0.6 is 11.6 Å². The van der Waals surface area contributed by atoms with Crippen molar-refractivity contribution in [1.82, 2.24) is 14.9 Å². The van der Waals surface area contributed by atoms with Crippen LogP contribution < -0.4 is 5.32 Å². The molecule has 0 bridgehead atoms. The molecule has 2 unspecified atom stereocenters. The summed E-state index contributed by atoms with van der Waals surface area (Å²) in [5.74, 6) is 1.99. The third kappa shape index (κ3) is 3.07. The lowest BCUT2D eigenvalue weighted by molar-refractivity contribution is 0.188. The zero-order valence-corrected chi connectivity index (χ0v) is 13.0. The van der Waals surface area contributed by atoms with Gasteiger partial charge in [-0.3, -0.25) is 0 Å². The molecule has 2 aliphatic heterocycles. The van der Waals surface area contributed by atoms with Gasteiger partial charge in [-0.15, -0.1) is 0 Å². The molecule has 5 heteroatoms. The fraction of sp³-hybridized carbons (Fsp3) is 0.733.